The predicted molar refractivity (Wildman–Crippen MR) is 53.7 cm³/mol. The largest absolute Gasteiger partial charge is 0.353 e. The lowest BCUT2D eigenvalue weighted by Gasteiger charge is -2.28. The first-order chi connectivity index (χ1) is 6.33. The minimum absolute atomic E-state index is 0.0839. The first kappa shape index (κ1) is 11.0. The fourth-order valence-electron chi connectivity index (χ4n) is 1.62. The monoisotopic (exact) mass is 186 g/mol. The van der Waals surface area contributed by atoms with Crippen LogP contribution in [-0.2, 0) is 9.47 Å². The van der Waals surface area contributed by atoms with Crippen molar-refractivity contribution in [3.8, 4) is 0 Å². The third-order valence-electron chi connectivity index (χ3n) is 2.51. The highest BCUT2D eigenvalue weighted by Crippen LogP contribution is 2.17. The third kappa shape index (κ3) is 4.63. The average molecular weight is 186 g/mol. The van der Waals surface area contributed by atoms with Gasteiger partial charge in [-0.3, -0.25) is 0 Å². The van der Waals surface area contributed by atoms with Gasteiger partial charge in [0.15, 0.2) is 6.29 Å². The topological polar surface area (TPSA) is 18.5 Å². The molecule has 13 heavy (non-hydrogen) atoms. The van der Waals surface area contributed by atoms with Gasteiger partial charge in [0.2, 0.25) is 0 Å². The molecule has 0 unspecified atom stereocenters. The van der Waals surface area contributed by atoms with Crippen LogP contribution < -0.4 is 0 Å². The fraction of sp³-hybridized carbons (Fsp3) is 1.00. The molecule has 0 aliphatic carbocycles. The van der Waals surface area contributed by atoms with Gasteiger partial charge in [-0.1, -0.05) is 26.2 Å². The Morgan fingerprint density at radius 3 is 2.77 bits per heavy atom. The number of unbranched alkanes of at least 4 members (excludes halogenated alkanes) is 3. The summed E-state index contributed by atoms with van der Waals surface area (Å²) in [6, 6.07) is 0. The zero-order valence-electron chi connectivity index (χ0n) is 8.92. The lowest BCUT2D eigenvalue weighted by molar-refractivity contribution is -0.210. The van der Waals surface area contributed by atoms with Gasteiger partial charge in [0.25, 0.3) is 0 Å². The molecule has 1 aliphatic heterocycles. The van der Waals surface area contributed by atoms with Crippen molar-refractivity contribution < 1.29 is 9.47 Å². The Balaban J connectivity index is 2.00. The van der Waals surface area contributed by atoms with E-state index in [2.05, 4.69) is 13.8 Å². The molecule has 0 amide bonds. The molecule has 0 aromatic rings. The Hall–Kier alpha value is -0.0800. The average Bonchev–Trinajstić information content (AvgIpc) is 2.13. The van der Waals surface area contributed by atoms with Crippen LogP contribution in [-0.4, -0.2) is 19.0 Å². The quantitative estimate of drug-likeness (QED) is 0.614. The van der Waals surface area contributed by atoms with Crippen molar-refractivity contribution in [2.75, 3.05) is 6.61 Å². The van der Waals surface area contributed by atoms with E-state index in [4.69, 9.17) is 9.47 Å². The van der Waals surface area contributed by atoms with Crippen molar-refractivity contribution in [2.45, 2.75) is 64.8 Å². The summed E-state index contributed by atoms with van der Waals surface area (Å²) in [4.78, 5) is 0. The van der Waals surface area contributed by atoms with E-state index in [9.17, 15) is 0 Å². The number of rotatable bonds is 5. The summed E-state index contributed by atoms with van der Waals surface area (Å²) in [7, 11) is 0. The summed E-state index contributed by atoms with van der Waals surface area (Å²) in [5, 5.41) is 0. The van der Waals surface area contributed by atoms with Crippen LogP contribution in [0.5, 0.6) is 0 Å². The van der Waals surface area contributed by atoms with E-state index in [1.165, 1.54) is 25.7 Å². The molecule has 0 aromatic carbocycles. The maximum Gasteiger partial charge on any atom is 0.157 e. The van der Waals surface area contributed by atoms with Crippen LogP contribution in [0.25, 0.3) is 0 Å². The van der Waals surface area contributed by atoms with E-state index in [1.54, 1.807) is 0 Å². The molecule has 2 nitrogen and oxygen atoms in total. The second-order valence-electron chi connectivity index (χ2n) is 3.89. The highest BCUT2D eigenvalue weighted by atomic mass is 16.7. The van der Waals surface area contributed by atoms with Gasteiger partial charge in [-0.05, 0) is 26.2 Å². The van der Waals surface area contributed by atoms with Gasteiger partial charge < -0.3 is 9.47 Å². The van der Waals surface area contributed by atoms with Crippen molar-refractivity contribution in [3.63, 3.8) is 0 Å². The second kappa shape index (κ2) is 6.39. The summed E-state index contributed by atoms with van der Waals surface area (Å²) < 4.78 is 11.2. The van der Waals surface area contributed by atoms with Crippen molar-refractivity contribution in [1.29, 1.82) is 0 Å². The smallest absolute Gasteiger partial charge is 0.157 e. The summed E-state index contributed by atoms with van der Waals surface area (Å²) in [6.45, 7) is 5.23. The molecule has 1 heterocycles. The van der Waals surface area contributed by atoms with E-state index in [0.717, 1.165) is 19.4 Å². The molecule has 0 bridgehead atoms. The molecular formula is C11H22O2. The van der Waals surface area contributed by atoms with Crippen LogP contribution in [0.2, 0.25) is 0 Å². The summed E-state index contributed by atoms with van der Waals surface area (Å²) in [5.41, 5.74) is 0. The summed E-state index contributed by atoms with van der Waals surface area (Å²) in [6.07, 6.45) is 7.78. The Kier molecular flexibility index (Phi) is 5.40. The van der Waals surface area contributed by atoms with Crippen molar-refractivity contribution in [1.82, 2.24) is 0 Å². The Morgan fingerprint density at radius 2 is 2.08 bits per heavy atom. The number of ether oxygens (including phenoxy) is 2. The first-order valence-electron chi connectivity index (χ1n) is 5.60. The summed E-state index contributed by atoms with van der Waals surface area (Å²) in [5.74, 6) is 0. The molecule has 0 N–H and O–H groups in total. The first-order valence-corrected chi connectivity index (χ1v) is 5.60. The second-order valence-corrected chi connectivity index (χ2v) is 3.89. The molecule has 0 spiro atoms. The highest BCUT2D eigenvalue weighted by Gasteiger charge is 2.18. The highest BCUT2D eigenvalue weighted by molar-refractivity contribution is 4.59. The van der Waals surface area contributed by atoms with E-state index in [-0.39, 0.29) is 6.29 Å². The van der Waals surface area contributed by atoms with Crippen LogP contribution in [0.1, 0.15) is 52.4 Å². The minimum atomic E-state index is 0.0839. The van der Waals surface area contributed by atoms with Gasteiger partial charge >= 0.3 is 0 Å². The van der Waals surface area contributed by atoms with Crippen LogP contribution in [0.15, 0.2) is 0 Å². The maximum absolute atomic E-state index is 5.64. The number of hydrogen-bond donors (Lipinski definition) is 0. The normalized spacial score (nSPS) is 29.1. The molecule has 1 fully saturated rings. The van der Waals surface area contributed by atoms with Gasteiger partial charge in [0.1, 0.15) is 0 Å². The van der Waals surface area contributed by atoms with E-state index in [0.29, 0.717) is 6.10 Å². The van der Waals surface area contributed by atoms with Gasteiger partial charge in [-0.25, -0.2) is 0 Å². The Morgan fingerprint density at radius 1 is 1.23 bits per heavy atom. The van der Waals surface area contributed by atoms with E-state index >= 15 is 0 Å². The predicted octanol–water partition coefficient (Wildman–Crippen LogP) is 3.11. The van der Waals surface area contributed by atoms with Crippen molar-refractivity contribution >= 4 is 0 Å². The zero-order valence-corrected chi connectivity index (χ0v) is 8.92. The van der Waals surface area contributed by atoms with Gasteiger partial charge in [-0.15, -0.1) is 0 Å². The molecule has 0 saturated carbocycles. The van der Waals surface area contributed by atoms with Crippen molar-refractivity contribution in [2.24, 2.45) is 0 Å². The van der Waals surface area contributed by atoms with Crippen LogP contribution in [0.4, 0.5) is 0 Å². The SMILES string of the molecule is CCCCCC[C@@H]1OCC[C@@H](C)O1. The van der Waals surface area contributed by atoms with Crippen molar-refractivity contribution in [3.05, 3.63) is 0 Å². The van der Waals surface area contributed by atoms with Crippen LogP contribution in [0, 0.1) is 0 Å². The standard InChI is InChI=1S/C11H22O2/c1-3-4-5-6-7-11-12-9-8-10(2)13-11/h10-11H,3-9H2,1-2H3/t10-,11-/m1/s1. The zero-order chi connectivity index (χ0) is 9.52. The van der Waals surface area contributed by atoms with E-state index in [1.807, 2.05) is 0 Å². The molecule has 0 radical (unpaired) electrons. The van der Waals surface area contributed by atoms with E-state index < -0.39 is 0 Å². The lowest BCUT2D eigenvalue weighted by Crippen LogP contribution is -2.30. The summed E-state index contributed by atoms with van der Waals surface area (Å²) >= 11 is 0. The lowest BCUT2D eigenvalue weighted by atomic mass is 10.1. The number of hydrogen-bond acceptors (Lipinski definition) is 2. The molecule has 2 heteroatoms. The Bertz CT molecular complexity index is 125. The molecule has 78 valence electrons. The minimum Gasteiger partial charge on any atom is -0.353 e. The van der Waals surface area contributed by atoms with Gasteiger partial charge in [-0.2, -0.15) is 0 Å². The third-order valence-corrected chi connectivity index (χ3v) is 2.51. The Labute approximate surface area is 81.6 Å². The molecule has 2 atom stereocenters. The molecular weight excluding hydrogens is 164 g/mol. The van der Waals surface area contributed by atoms with Crippen LogP contribution in [0.3, 0.4) is 0 Å². The maximum atomic E-state index is 5.64. The molecule has 1 aliphatic rings. The fourth-order valence-corrected chi connectivity index (χ4v) is 1.62. The molecule has 1 saturated heterocycles. The molecule has 1 rings (SSSR count). The van der Waals surface area contributed by atoms with Crippen LogP contribution >= 0.6 is 0 Å². The molecule has 0 aromatic heterocycles. The van der Waals surface area contributed by atoms with Gasteiger partial charge in [0.05, 0.1) is 12.7 Å². The van der Waals surface area contributed by atoms with Gasteiger partial charge in [0, 0.05) is 0 Å².